The largest absolute Gasteiger partial charge is 0.507 e. The van der Waals surface area contributed by atoms with Crippen LogP contribution in [0.25, 0.3) is 5.57 Å². The first kappa shape index (κ1) is 18.3. The van der Waals surface area contributed by atoms with Crippen molar-refractivity contribution in [2.45, 2.75) is 83.5 Å². The van der Waals surface area contributed by atoms with Crippen LogP contribution in [-0.2, 0) is 6.42 Å². The van der Waals surface area contributed by atoms with Gasteiger partial charge in [0, 0.05) is 5.57 Å². The molecule has 3 N–H and O–H groups in total. The summed E-state index contributed by atoms with van der Waals surface area (Å²) in [6, 6.07) is 3.75. The Hall–Kier alpha value is -1.52. The molecule has 1 aromatic rings. The van der Waals surface area contributed by atoms with E-state index < -0.39 is 17.3 Å². The number of phenols is 1. The normalized spacial score (nSPS) is 27.5. The van der Waals surface area contributed by atoms with Gasteiger partial charge in [0.05, 0.1) is 11.2 Å². The molecular formula is C21H30O4. The predicted molar refractivity (Wildman–Crippen MR) is 98.8 cm³/mol. The van der Waals surface area contributed by atoms with Crippen LogP contribution in [0.2, 0.25) is 0 Å². The standard InChI is InChI=1S/C21H30O4/c1-5-6-7-8-13-11-15(22)18-16(12-13)25-20(2,3)14-9-10-21(4,24)19(23)17(14)18/h11-12,19,22-24H,5-10H2,1-4H3/t19-,21-/m1/s1. The molecule has 0 radical (unpaired) electrons. The fourth-order valence-corrected chi connectivity index (χ4v) is 4.11. The van der Waals surface area contributed by atoms with Crippen LogP contribution < -0.4 is 4.74 Å². The molecule has 2 atom stereocenters. The Labute approximate surface area is 150 Å². The van der Waals surface area contributed by atoms with Crippen molar-refractivity contribution in [2.24, 2.45) is 0 Å². The number of aliphatic hydroxyl groups excluding tert-OH is 1. The second-order valence-corrected chi connectivity index (χ2v) is 8.21. The molecule has 0 saturated heterocycles. The zero-order valence-corrected chi connectivity index (χ0v) is 15.7. The number of benzene rings is 1. The van der Waals surface area contributed by atoms with Crippen LogP contribution in [0, 0.1) is 0 Å². The maximum Gasteiger partial charge on any atom is 0.132 e. The molecule has 0 unspecified atom stereocenters. The van der Waals surface area contributed by atoms with Gasteiger partial charge in [-0.15, -0.1) is 0 Å². The lowest BCUT2D eigenvalue weighted by Gasteiger charge is -2.45. The van der Waals surface area contributed by atoms with E-state index in [1.807, 2.05) is 19.9 Å². The third-order valence-corrected chi connectivity index (χ3v) is 5.64. The number of aliphatic hydroxyl groups is 2. The van der Waals surface area contributed by atoms with E-state index in [-0.39, 0.29) is 5.75 Å². The van der Waals surface area contributed by atoms with Gasteiger partial charge < -0.3 is 20.1 Å². The summed E-state index contributed by atoms with van der Waals surface area (Å²) in [4.78, 5) is 0. The van der Waals surface area contributed by atoms with Gasteiger partial charge in [0.2, 0.25) is 0 Å². The molecule has 1 aromatic carbocycles. The number of rotatable bonds is 4. The lowest BCUT2D eigenvalue weighted by atomic mass is 9.70. The molecule has 0 aromatic heterocycles. The van der Waals surface area contributed by atoms with Crippen LogP contribution in [0.5, 0.6) is 11.5 Å². The molecule has 2 aliphatic rings. The van der Waals surface area contributed by atoms with Gasteiger partial charge in [-0.1, -0.05) is 19.8 Å². The molecule has 25 heavy (non-hydrogen) atoms. The lowest BCUT2D eigenvalue weighted by Crippen LogP contribution is -2.48. The minimum atomic E-state index is -1.20. The lowest BCUT2D eigenvalue weighted by molar-refractivity contribution is -0.0476. The van der Waals surface area contributed by atoms with Crippen molar-refractivity contribution >= 4 is 5.57 Å². The highest BCUT2D eigenvalue weighted by Gasteiger charge is 2.47. The van der Waals surface area contributed by atoms with Gasteiger partial charge in [-0.3, -0.25) is 0 Å². The summed E-state index contributed by atoms with van der Waals surface area (Å²) in [6.07, 6.45) is 4.36. The van der Waals surface area contributed by atoms with Crippen molar-refractivity contribution in [3.8, 4) is 11.5 Å². The van der Waals surface area contributed by atoms with Crippen LogP contribution in [0.1, 0.15) is 70.9 Å². The third kappa shape index (κ3) is 3.18. The Kier molecular flexibility index (Phi) is 4.63. The maximum absolute atomic E-state index is 10.8. The van der Waals surface area contributed by atoms with Gasteiger partial charge >= 0.3 is 0 Å². The topological polar surface area (TPSA) is 69.9 Å². The summed E-state index contributed by atoms with van der Waals surface area (Å²) in [6.45, 7) is 7.79. The Balaban J connectivity index is 2.09. The van der Waals surface area contributed by atoms with Crippen LogP contribution in [0.15, 0.2) is 17.7 Å². The molecule has 3 rings (SSSR count). The molecule has 0 bridgehead atoms. The summed E-state index contributed by atoms with van der Waals surface area (Å²) >= 11 is 0. The Morgan fingerprint density at radius 1 is 1.20 bits per heavy atom. The first-order chi connectivity index (χ1) is 11.7. The van der Waals surface area contributed by atoms with Crippen molar-refractivity contribution in [3.63, 3.8) is 0 Å². The first-order valence-electron chi connectivity index (χ1n) is 9.36. The van der Waals surface area contributed by atoms with Crippen LogP contribution in [0.4, 0.5) is 0 Å². The predicted octanol–water partition coefficient (Wildman–Crippen LogP) is 3.96. The number of hydrogen-bond donors (Lipinski definition) is 3. The maximum atomic E-state index is 10.8. The van der Waals surface area contributed by atoms with Gasteiger partial charge in [0.15, 0.2) is 0 Å². The highest BCUT2D eigenvalue weighted by molar-refractivity contribution is 5.84. The Bertz CT molecular complexity index is 700. The summed E-state index contributed by atoms with van der Waals surface area (Å²) in [5.41, 5.74) is 1.43. The van der Waals surface area contributed by atoms with Gasteiger partial charge in [0.25, 0.3) is 0 Å². The van der Waals surface area contributed by atoms with E-state index in [1.54, 1.807) is 13.0 Å². The van der Waals surface area contributed by atoms with Gasteiger partial charge in [-0.05, 0) is 69.7 Å². The van der Waals surface area contributed by atoms with Crippen LogP contribution in [-0.4, -0.2) is 32.6 Å². The third-order valence-electron chi connectivity index (χ3n) is 5.64. The quantitative estimate of drug-likeness (QED) is 0.722. The summed E-state index contributed by atoms with van der Waals surface area (Å²) < 4.78 is 6.22. The second-order valence-electron chi connectivity index (χ2n) is 8.21. The molecule has 0 amide bonds. The molecular weight excluding hydrogens is 316 g/mol. The SMILES string of the molecule is CCCCCc1cc(O)c2c(c1)OC(C)(C)C1=C2[C@@H](O)[C@](C)(O)CC1. The van der Waals surface area contributed by atoms with Crippen molar-refractivity contribution in [1.29, 1.82) is 0 Å². The zero-order valence-electron chi connectivity index (χ0n) is 15.7. The van der Waals surface area contributed by atoms with E-state index in [0.29, 0.717) is 29.7 Å². The van der Waals surface area contributed by atoms with E-state index in [0.717, 1.165) is 36.8 Å². The van der Waals surface area contributed by atoms with E-state index in [2.05, 4.69) is 6.92 Å². The fourth-order valence-electron chi connectivity index (χ4n) is 4.11. The van der Waals surface area contributed by atoms with E-state index >= 15 is 0 Å². The zero-order chi connectivity index (χ0) is 18.4. The summed E-state index contributed by atoms with van der Waals surface area (Å²) in [7, 11) is 0. The summed E-state index contributed by atoms with van der Waals surface area (Å²) in [5, 5.41) is 32.0. The molecule has 1 aliphatic heterocycles. The van der Waals surface area contributed by atoms with E-state index in [1.165, 1.54) is 0 Å². The number of aromatic hydroxyl groups is 1. The van der Waals surface area contributed by atoms with E-state index in [4.69, 9.17) is 4.74 Å². The fraction of sp³-hybridized carbons (Fsp3) is 0.619. The number of phenolic OH excluding ortho intramolecular Hbond substituents is 1. The molecule has 0 spiro atoms. The van der Waals surface area contributed by atoms with Crippen molar-refractivity contribution in [1.82, 2.24) is 0 Å². The van der Waals surface area contributed by atoms with E-state index in [9.17, 15) is 15.3 Å². The average Bonchev–Trinajstić information content (AvgIpc) is 2.50. The number of unbranched alkanes of at least 4 members (excludes halogenated alkanes) is 2. The van der Waals surface area contributed by atoms with Gasteiger partial charge in [0.1, 0.15) is 23.2 Å². The minimum Gasteiger partial charge on any atom is -0.507 e. The molecule has 4 nitrogen and oxygen atoms in total. The van der Waals surface area contributed by atoms with Crippen molar-refractivity contribution < 1.29 is 20.1 Å². The number of fused-ring (bicyclic) bond motifs is 2. The Morgan fingerprint density at radius 2 is 1.92 bits per heavy atom. The average molecular weight is 346 g/mol. The number of ether oxygens (including phenoxy) is 1. The smallest absolute Gasteiger partial charge is 0.132 e. The number of hydrogen-bond acceptors (Lipinski definition) is 4. The Morgan fingerprint density at radius 3 is 2.60 bits per heavy atom. The molecule has 0 fully saturated rings. The monoisotopic (exact) mass is 346 g/mol. The number of aryl methyl sites for hydroxylation is 1. The summed E-state index contributed by atoms with van der Waals surface area (Å²) in [5.74, 6) is 0.732. The molecule has 4 heteroatoms. The van der Waals surface area contributed by atoms with Crippen LogP contribution in [0.3, 0.4) is 0 Å². The highest BCUT2D eigenvalue weighted by Crippen LogP contribution is 2.52. The highest BCUT2D eigenvalue weighted by atomic mass is 16.5. The molecule has 1 heterocycles. The van der Waals surface area contributed by atoms with Crippen LogP contribution >= 0.6 is 0 Å². The van der Waals surface area contributed by atoms with Crippen molar-refractivity contribution in [2.75, 3.05) is 0 Å². The first-order valence-corrected chi connectivity index (χ1v) is 9.36. The molecule has 138 valence electrons. The van der Waals surface area contributed by atoms with Crippen molar-refractivity contribution in [3.05, 3.63) is 28.8 Å². The van der Waals surface area contributed by atoms with Gasteiger partial charge in [-0.2, -0.15) is 0 Å². The van der Waals surface area contributed by atoms with Gasteiger partial charge in [-0.25, -0.2) is 0 Å². The minimum absolute atomic E-state index is 0.128. The molecule has 1 aliphatic carbocycles. The molecule has 0 saturated carbocycles. The second kappa shape index (κ2) is 6.33.